The summed E-state index contributed by atoms with van der Waals surface area (Å²) < 4.78 is 0. The summed E-state index contributed by atoms with van der Waals surface area (Å²) in [4.78, 5) is 45.0. The molecule has 0 bridgehead atoms. The molecule has 7 nitrogen and oxygen atoms in total. The first-order valence-corrected chi connectivity index (χ1v) is 19.8. The standard InChI is InChI=1S/C43H61N3O4/c1-9-44-21-23-45(24-22-44)38(48)43-18-15-28(2)29(3)36(43)33-13-14-35-40(6)27-31(25-30-11-10-12-32(26-30)46(49)50)37(47)39(4,5)34(40)16-17-42(35,8)41(33,7)19-20-43/h10-13,25-26,28-29,34-36H,9,14-24,27H2,1-8H3/b31-25-/t28-,29+,34+,35-,36+,40+,41-,42-,43+/m1/s1. The number of Topliss-reactive ketones (excluding diaryl/α,β-unsaturated/α-hetero) is 1. The molecule has 7 rings (SSSR count). The predicted octanol–water partition coefficient (Wildman–Crippen LogP) is 8.98. The van der Waals surface area contributed by atoms with Crippen LogP contribution in [0, 0.1) is 66.8 Å². The zero-order chi connectivity index (χ0) is 36.0. The van der Waals surface area contributed by atoms with Crippen LogP contribution in [0.2, 0.25) is 0 Å². The van der Waals surface area contributed by atoms with Crippen LogP contribution in [0.15, 0.2) is 41.5 Å². The fourth-order valence-corrected chi connectivity index (χ4v) is 13.3. The van der Waals surface area contributed by atoms with Crippen LogP contribution < -0.4 is 0 Å². The molecule has 1 aromatic carbocycles. The van der Waals surface area contributed by atoms with Gasteiger partial charge in [0, 0.05) is 43.7 Å². The number of likely N-dealkylation sites (N-methyl/N-ethyl adjacent to an activating group) is 1. The number of allylic oxidation sites excluding steroid dienone is 3. The minimum absolute atomic E-state index is 0.0138. The second-order valence-electron chi connectivity index (χ2n) is 18.8. The SMILES string of the molecule is CCN1CCN(C(=O)[C@]23CC[C@@H](C)[C@H](C)[C@H]2C2=CC[C@@H]4[C@@]5(C)C/C(=C/c6cccc([N+](=O)[O-])c6)C(=O)C(C)(C)[C@@H]5CC[C@@]4(C)[C@]2(C)CC3)CC1. The number of amides is 1. The van der Waals surface area contributed by atoms with Crippen molar-refractivity contribution in [1.29, 1.82) is 0 Å². The van der Waals surface area contributed by atoms with Crippen LogP contribution in [0.5, 0.6) is 0 Å². The highest BCUT2D eigenvalue weighted by molar-refractivity contribution is 6.04. The lowest BCUT2D eigenvalue weighted by molar-refractivity contribution is -0.384. The number of fused-ring (bicyclic) bond motifs is 7. The smallest absolute Gasteiger partial charge is 0.270 e. The average molecular weight is 684 g/mol. The van der Waals surface area contributed by atoms with Crippen molar-refractivity contribution in [3.63, 3.8) is 0 Å². The third-order valence-electron chi connectivity index (χ3n) is 16.5. The quantitative estimate of drug-likeness (QED) is 0.137. The van der Waals surface area contributed by atoms with E-state index in [1.165, 1.54) is 6.07 Å². The van der Waals surface area contributed by atoms with Gasteiger partial charge in [-0.25, -0.2) is 0 Å². The molecular formula is C43H61N3O4. The Morgan fingerprint density at radius 2 is 1.70 bits per heavy atom. The molecule has 0 N–H and O–H groups in total. The third-order valence-corrected chi connectivity index (χ3v) is 16.5. The highest BCUT2D eigenvalue weighted by Crippen LogP contribution is 2.76. The van der Waals surface area contributed by atoms with Gasteiger partial charge >= 0.3 is 0 Å². The van der Waals surface area contributed by atoms with E-state index < -0.39 is 5.41 Å². The van der Waals surface area contributed by atoms with E-state index in [2.05, 4.69) is 71.3 Å². The Morgan fingerprint density at radius 3 is 2.38 bits per heavy atom. The van der Waals surface area contributed by atoms with Crippen LogP contribution in [0.25, 0.3) is 6.08 Å². The maximum Gasteiger partial charge on any atom is 0.270 e. The highest BCUT2D eigenvalue weighted by Gasteiger charge is 2.70. The number of non-ortho nitro benzene ring substituents is 1. The molecule has 1 aromatic rings. The average Bonchev–Trinajstić information content (AvgIpc) is 3.09. The molecule has 4 saturated carbocycles. The Labute approximate surface area is 300 Å². The molecule has 0 unspecified atom stereocenters. The molecular weight excluding hydrogens is 622 g/mol. The fourth-order valence-electron chi connectivity index (χ4n) is 13.3. The van der Waals surface area contributed by atoms with Crippen LogP contribution >= 0.6 is 0 Å². The van der Waals surface area contributed by atoms with Crippen LogP contribution in [0.1, 0.15) is 112 Å². The van der Waals surface area contributed by atoms with E-state index >= 15 is 0 Å². The summed E-state index contributed by atoms with van der Waals surface area (Å²) in [6.45, 7) is 23.7. The zero-order valence-corrected chi connectivity index (χ0v) is 32.0. The number of hydrogen-bond acceptors (Lipinski definition) is 5. The Morgan fingerprint density at radius 1 is 0.980 bits per heavy atom. The van der Waals surface area contributed by atoms with Gasteiger partial charge in [-0.1, -0.05) is 79.2 Å². The van der Waals surface area contributed by atoms with E-state index in [0.717, 1.165) is 88.8 Å². The minimum Gasteiger partial charge on any atom is -0.340 e. The zero-order valence-electron chi connectivity index (χ0n) is 32.0. The van der Waals surface area contributed by atoms with Crippen molar-refractivity contribution in [1.82, 2.24) is 9.80 Å². The molecule has 0 spiro atoms. The summed E-state index contributed by atoms with van der Waals surface area (Å²) in [5.41, 5.74) is 2.27. The Kier molecular flexibility index (Phi) is 8.64. The van der Waals surface area contributed by atoms with E-state index in [-0.39, 0.29) is 49.9 Å². The number of carbonyl (C=O) groups is 2. The summed E-state index contributed by atoms with van der Waals surface area (Å²) in [6.07, 6.45) is 12.5. The normalized spacial score (nSPS) is 42.1. The first-order valence-electron chi connectivity index (χ1n) is 19.8. The third kappa shape index (κ3) is 4.98. The first-order chi connectivity index (χ1) is 23.5. The number of piperazine rings is 1. The molecule has 1 amide bonds. The van der Waals surface area contributed by atoms with E-state index in [0.29, 0.717) is 30.1 Å². The van der Waals surface area contributed by atoms with Gasteiger partial charge < -0.3 is 9.80 Å². The van der Waals surface area contributed by atoms with Crippen molar-refractivity contribution >= 4 is 23.5 Å². The molecule has 272 valence electrons. The number of rotatable bonds is 4. The summed E-state index contributed by atoms with van der Waals surface area (Å²) in [7, 11) is 0. The fraction of sp³-hybridized carbons (Fsp3) is 0.721. The number of carbonyl (C=O) groups excluding carboxylic acids is 2. The maximum absolute atomic E-state index is 14.9. The summed E-state index contributed by atoms with van der Waals surface area (Å²) in [5.74, 6) is 2.61. The van der Waals surface area contributed by atoms with Crippen molar-refractivity contribution in [2.24, 2.45) is 56.7 Å². The van der Waals surface area contributed by atoms with Gasteiger partial charge in [-0.15, -0.1) is 0 Å². The second-order valence-corrected chi connectivity index (χ2v) is 18.8. The van der Waals surface area contributed by atoms with Gasteiger partial charge in [-0.2, -0.15) is 0 Å². The van der Waals surface area contributed by atoms with E-state index in [4.69, 9.17) is 0 Å². The molecule has 5 aliphatic carbocycles. The Balaban J connectivity index is 1.27. The van der Waals surface area contributed by atoms with Crippen LogP contribution in [-0.4, -0.2) is 59.1 Å². The van der Waals surface area contributed by atoms with Crippen LogP contribution in [-0.2, 0) is 9.59 Å². The van der Waals surface area contributed by atoms with E-state index in [1.807, 2.05) is 12.1 Å². The number of nitro groups is 1. The van der Waals surface area contributed by atoms with Gasteiger partial charge in [0.05, 0.1) is 10.3 Å². The monoisotopic (exact) mass is 683 g/mol. The first kappa shape index (κ1) is 35.6. The summed E-state index contributed by atoms with van der Waals surface area (Å²) >= 11 is 0. The van der Waals surface area contributed by atoms with Gasteiger partial charge in [-0.05, 0) is 121 Å². The van der Waals surface area contributed by atoms with E-state index in [9.17, 15) is 19.7 Å². The molecule has 5 fully saturated rings. The van der Waals surface area contributed by atoms with Crippen LogP contribution in [0.4, 0.5) is 5.69 Å². The van der Waals surface area contributed by atoms with Crippen molar-refractivity contribution in [2.45, 2.75) is 107 Å². The maximum atomic E-state index is 14.9. The molecule has 1 saturated heterocycles. The molecule has 7 heteroatoms. The molecule has 1 heterocycles. The molecule has 0 radical (unpaired) electrons. The number of nitro benzene ring substituents is 1. The van der Waals surface area contributed by atoms with Gasteiger partial charge in [0.1, 0.15) is 0 Å². The summed E-state index contributed by atoms with van der Waals surface area (Å²) in [6, 6.07) is 6.69. The van der Waals surface area contributed by atoms with Gasteiger partial charge in [0.25, 0.3) is 5.69 Å². The summed E-state index contributed by atoms with van der Waals surface area (Å²) in [5, 5.41) is 11.6. The van der Waals surface area contributed by atoms with E-state index in [1.54, 1.807) is 17.7 Å². The van der Waals surface area contributed by atoms with Crippen molar-refractivity contribution in [2.75, 3.05) is 32.7 Å². The lowest BCUT2D eigenvalue weighted by Crippen LogP contribution is -2.66. The molecule has 1 aliphatic heterocycles. The number of benzene rings is 1. The van der Waals surface area contributed by atoms with Gasteiger partial charge in [-0.3, -0.25) is 19.7 Å². The Bertz CT molecular complexity index is 1640. The van der Waals surface area contributed by atoms with Crippen LogP contribution in [0.3, 0.4) is 0 Å². The lowest BCUT2D eigenvalue weighted by Gasteiger charge is -2.71. The number of nitrogens with zero attached hydrogens (tertiary/aromatic N) is 3. The Hall–Kier alpha value is -2.80. The predicted molar refractivity (Wildman–Crippen MR) is 199 cm³/mol. The lowest BCUT2D eigenvalue weighted by atomic mass is 9.33. The van der Waals surface area contributed by atoms with Crippen molar-refractivity contribution in [3.8, 4) is 0 Å². The van der Waals surface area contributed by atoms with Gasteiger partial charge in [0.15, 0.2) is 5.78 Å². The topological polar surface area (TPSA) is 83.8 Å². The van der Waals surface area contributed by atoms with Gasteiger partial charge in [0.2, 0.25) is 5.91 Å². The second kappa shape index (κ2) is 12.1. The molecule has 50 heavy (non-hydrogen) atoms. The number of ketones is 1. The van der Waals surface area contributed by atoms with Crippen molar-refractivity contribution < 1.29 is 14.5 Å². The highest BCUT2D eigenvalue weighted by atomic mass is 16.6. The molecule has 9 atom stereocenters. The largest absolute Gasteiger partial charge is 0.340 e. The molecule has 6 aliphatic rings. The number of hydrogen-bond donors (Lipinski definition) is 0. The molecule has 0 aromatic heterocycles. The van der Waals surface area contributed by atoms with Crippen molar-refractivity contribution in [3.05, 3.63) is 57.2 Å². The minimum atomic E-state index is -0.519.